The van der Waals surface area contributed by atoms with E-state index in [2.05, 4.69) is 25.7 Å². The second-order valence-corrected chi connectivity index (χ2v) is 7.85. The van der Waals surface area contributed by atoms with Gasteiger partial charge in [-0.15, -0.1) is 0 Å². The molecular formula is C14H27NO2S. The summed E-state index contributed by atoms with van der Waals surface area (Å²) in [6, 6.07) is 0.395. The molecule has 0 aromatic rings. The normalized spacial score (nSPS) is 21.9. The van der Waals surface area contributed by atoms with Crippen LogP contribution in [0.25, 0.3) is 0 Å². The van der Waals surface area contributed by atoms with Crippen molar-refractivity contribution >= 4 is 17.7 Å². The molecule has 0 amide bonds. The summed E-state index contributed by atoms with van der Waals surface area (Å²) in [7, 11) is 1.48. The third kappa shape index (κ3) is 6.10. The van der Waals surface area contributed by atoms with E-state index in [1.54, 1.807) is 0 Å². The van der Waals surface area contributed by atoms with Gasteiger partial charge in [0.05, 0.1) is 13.5 Å². The van der Waals surface area contributed by atoms with Gasteiger partial charge in [0.1, 0.15) is 0 Å². The summed E-state index contributed by atoms with van der Waals surface area (Å²) in [5, 5.41) is 0. The van der Waals surface area contributed by atoms with Crippen molar-refractivity contribution in [3.05, 3.63) is 0 Å². The minimum atomic E-state index is -0.0737. The van der Waals surface area contributed by atoms with Crippen LogP contribution in [0, 0.1) is 0 Å². The van der Waals surface area contributed by atoms with E-state index in [1.165, 1.54) is 20.0 Å². The molecule has 18 heavy (non-hydrogen) atoms. The van der Waals surface area contributed by atoms with Gasteiger partial charge in [0.25, 0.3) is 0 Å². The number of piperidine rings is 1. The minimum Gasteiger partial charge on any atom is -0.469 e. The van der Waals surface area contributed by atoms with Gasteiger partial charge in [0.2, 0.25) is 0 Å². The minimum absolute atomic E-state index is 0.0737. The fourth-order valence-electron chi connectivity index (χ4n) is 2.33. The molecule has 1 unspecified atom stereocenters. The first-order chi connectivity index (χ1) is 8.42. The van der Waals surface area contributed by atoms with Gasteiger partial charge in [-0.1, -0.05) is 27.2 Å². The zero-order chi connectivity index (χ0) is 13.6. The molecule has 0 saturated carbocycles. The van der Waals surface area contributed by atoms with E-state index >= 15 is 0 Å². The zero-order valence-corrected chi connectivity index (χ0v) is 13.0. The summed E-state index contributed by atoms with van der Waals surface area (Å²) in [5.41, 5.74) is 0. The smallest absolute Gasteiger partial charge is 0.307 e. The molecule has 0 aromatic heterocycles. The molecule has 3 nitrogen and oxygen atoms in total. The maximum Gasteiger partial charge on any atom is 0.307 e. The first-order valence-electron chi connectivity index (χ1n) is 6.87. The predicted molar refractivity (Wildman–Crippen MR) is 78.1 cm³/mol. The number of esters is 1. The van der Waals surface area contributed by atoms with E-state index in [0.717, 1.165) is 25.3 Å². The van der Waals surface area contributed by atoms with Crippen LogP contribution in [0.2, 0.25) is 0 Å². The average molecular weight is 273 g/mol. The van der Waals surface area contributed by atoms with Crippen LogP contribution in [0.4, 0.5) is 0 Å². The van der Waals surface area contributed by atoms with Gasteiger partial charge in [-0.05, 0) is 19.4 Å². The second-order valence-electron chi connectivity index (χ2n) is 5.93. The lowest BCUT2D eigenvalue weighted by Crippen LogP contribution is -2.42. The van der Waals surface area contributed by atoms with E-state index in [1.807, 2.05) is 11.8 Å². The van der Waals surface area contributed by atoms with Gasteiger partial charge < -0.3 is 4.74 Å². The summed E-state index contributed by atoms with van der Waals surface area (Å²) in [4.78, 5) is 13.9. The molecule has 0 aliphatic carbocycles. The predicted octanol–water partition coefficient (Wildman–Crippen LogP) is 2.94. The van der Waals surface area contributed by atoms with Crippen LogP contribution in [0.3, 0.4) is 0 Å². The maximum absolute atomic E-state index is 11.4. The number of likely N-dealkylation sites (tertiary alicyclic amines) is 1. The van der Waals surface area contributed by atoms with E-state index in [0.29, 0.717) is 17.2 Å². The molecule has 4 heteroatoms. The van der Waals surface area contributed by atoms with Gasteiger partial charge in [0.15, 0.2) is 0 Å². The molecule has 0 spiro atoms. The van der Waals surface area contributed by atoms with Crippen molar-refractivity contribution in [3.8, 4) is 0 Å². The number of ether oxygens (including phenoxy) is 1. The quantitative estimate of drug-likeness (QED) is 0.720. The Kier molecular flexibility index (Phi) is 6.50. The van der Waals surface area contributed by atoms with E-state index in [4.69, 9.17) is 4.74 Å². The van der Waals surface area contributed by atoms with Crippen molar-refractivity contribution in [2.75, 3.05) is 26.0 Å². The highest BCUT2D eigenvalue weighted by molar-refractivity contribution is 8.00. The Morgan fingerprint density at radius 1 is 1.39 bits per heavy atom. The van der Waals surface area contributed by atoms with Crippen LogP contribution in [0.15, 0.2) is 0 Å². The first-order valence-corrected chi connectivity index (χ1v) is 7.86. The number of hydrogen-bond donors (Lipinski definition) is 0. The summed E-state index contributed by atoms with van der Waals surface area (Å²) in [6.45, 7) is 8.97. The van der Waals surface area contributed by atoms with Crippen molar-refractivity contribution in [2.45, 2.75) is 57.2 Å². The number of nitrogens with zero attached hydrogens (tertiary/aromatic N) is 1. The highest BCUT2D eigenvalue weighted by Crippen LogP contribution is 2.25. The molecule has 1 heterocycles. The number of rotatable bonds is 5. The lowest BCUT2D eigenvalue weighted by Gasteiger charge is -2.35. The van der Waals surface area contributed by atoms with E-state index in [9.17, 15) is 4.79 Å². The molecule has 1 aliphatic rings. The fraction of sp³-hybridized carbons (Fsp3) is 0.929. The Hall–Kier alpha value is -0.220. The van der Waals surface area contributed by atoms with Gasteiger partial charge in [0, 0.05) is 23.1 Å². The fourth-order valence-corrected chi connectivity index (χ4v) is 3.27. The summed E-state index contributed by atoms with van der Waals surface area (Å²) >= 11 is 2.00. The van der Waals surface area contributed by atoms with Crippen molar-refractivity contribution in [1.29, 1.82) is 0 Å². The molecular weight excluding hydrogens is 246 g/mol. The third-order valence-corrected chi connectivity index (χ3v) is 4.55. The highest BCUT2D eigenvalue weighted by Gasteiger charge is 2.25. The monoisotopic (exact) mass is 273 g/mol. The Morgan fingerprint density at radius 3 is 2.72 bits per heavy atom. The van der Waals surface area contributed by atoms with Crippen molar-refractivity contribution in [2.24, 2.45) is 0 Å². The Balaban J connectivity index is 2.37. The number of thioether (sulfide) groups is 1. The zero-order valence-electron chi connectivity index (χ0n) is 12.2. The Labute approximate surface area is 116 Å². The van der Waals surface area contributed by atoms with Gasteiger partial charge in [-0.25, -0.2) is 0 Å². The first kappa shape index (κ1) is 15.8. The number of methoxy groups -OCH3 is 1. The number of hydrogen-bond acceptors (Lipinski definition) is 4. The topological polar surface area (TPSA) is 29.5 Å². The largest absolute Gasteiger partial charge is 0.469 e. The highest BCUT2D eigenvalue weighted by atomic mass is 32.2. The second kappa shape index (κ2) is 7.39. The molecule has 0 bridgehead atoms. The van der Waals surface area contributed by atoms with Crippen LogP contribution in [-0.4, -0.2) is 47.6 Å². The van der Waals surface area contributed by atoms with Crippen LogP contribution < -0.4 is 0 Å². The molecule has 1 fully saturated rings. The van der Waals surface area contributed by atoms with E-state index < -0.39 is 0 Å². The van der Waals surface area contributed by atoms with Crippen molar-refractivity contribution in [1.82, 2.24) is 4.90 Å². The van der Waals surface area contributed by atoms with Crippen LogP contribution in [0.5, 0.6) is 0 Å². The molecule has 1 atom stereocenters. The lowest BCUT2D eigenvalue weighted by atomic mass is 9.99. The average Bonchev–Trinajstić information content (AvgIpc) is 2.29. The molecule has 1 rings (SSSR count). The van der Waals surface area contributed by atoms with Crippen LogP contribution >= 0.6 is 11.8 Å². The summed E-state index contributed by atoms with van der Waals surface area (Å²) in [5.74, 6) is 1.07. The van der Waals surface area contributed by atoms with E-state index in [-0.39, 0.29) is 5.97 Å². The van der Waals surface area contributed by atoms with Gasteiger partial charge >= 0.3 is 5.97 Å². The van der Waals surface area contributed by atoms with Crippen molar-refractivity contribution < 1.29 is 9.53 Å². The number of carbonyl (C=O) groups excluding carboxylic acids is 1. The third-order valence-electron chi connectivity index (χ3n) is 3.29. The maximum atomic E-state index is 11.4. The van der Waals surface area contributed by atoms with Crippen LogP contribution in [0.1, 0.15) is 46.5 Å². The Bertz CT molecular complexity index is 263. The Morgan fingerprint density at radius 2 is 2.11 bits per heavy atom. The molecule has 106 valence electrons. The van der Waals surface area contributed by atoms with Crippen LogP contribution in [-0.2, 0) is 9.53 Å². The van der Waals surface area contributed by atoms with Gasteiger partial charge in [-0.2, -0.15) is 11.8 Å². The molecule has 0 radical (unpaired) electrons. The summed E-state index contributed by atoms with van der Waals surface area (Å²) < 4.78 is 5.12. The lowest BCUT2D eigenvalue weighted by molar-refractivity contribution is -0.142. The molecule has 1 aliphatic heterocycles. The standard InChI is InChI=1S/C14H27NO2S/c1-14(2,3)18-10-9-15-8-6-5-7-12(15)11-13(16)17-4/h12H,5-11H2,1-4H3. The van der Waals surface area contributed by atoms with Gasteiger partial charge in [-0.3, -0.25) is 9.69 Å². The summed E-state index contributed by atoms with van der Waals surface area (Å²) in [6.07, 6.45) is 4.19. The SMILES string of the molecule is COC(=O)CC1CCCCN1CCSC(C)(C)C. The number of carbonyl (C=O) groups is 1. The molecule has 0 N–H and O–H groups in total. The molecule has 0 aromatic carbocycles. The molecule has 1 saturated heterocycles. The van der Waals surface area contributed by atoms with Crippen molar-refractivity contribution in [3.63, 3.8) is 0 Å².